The minimum atomic E-state index is 0. The summed E-state index contributed by atoms with van der Waals surface area (Å²) in [6.45, 7) is 6.73. The Morgan fingerprint density at radius 3 is 2.87 bits per heavy atom. The van der Waals surface area contributed by atoms with Crippen molar-refractivity contribution < 1.29 is 4.74 Å². The van der Waals surface area contributed by atoms with Crippen molar-refractivity contribution in [3.05, 3.63) is 18.0 Å². The predicted octanol–water partition coefficient (Wildman–Crippen LogP) is 1.62. The summed E-state index contributed by atoms with van der Waals surface area (Å²) in [6, 6.07) is 2.46. The van der Waals surface area contributed by atoms with Crippen LogP contribution in [0, 0.1) is 0 Å². The van der Waals surface area contributed by atoms with Crippen molar-refractivity contribution in [2.45, 2.75) is 26.4 Å². The molecule has 0 atom stereocenters. The third-order valence-electron chi connectivity index (χ3n) is 2.03. The monoisotopic (exact) mass is 233 g/mol. The van der Waals surface area contributed by atoms with Gasteiger partial charge in [0.2, 0.25) is 0 Å². The van der Waals surface area contributed by atoms with E-state index >= 15 is 0 Å². The van der Waals surface area contributed by atoms with Gasteiger partial charge in [-0.05, 0) is 19.9 Å². The normalized spacial score (nSPS) is 10.4. The fourth-order valence-corrected chi connectivity index (χ4v) is 1.34. The third kappa shape index (κ3) is 4.64. The van der Waals surface area contributed by atoms with Crippen LogP contribution in [0.3, 0.4) is 0 Å². The highest BCUT2D eigenvalue weighted by atomic mass is 35.5. The van der Waals surface area contributed by atoms with Gasteiger partial charge in [0.1, 0.15) is 0 Å². The molecule has 88 valence electrons. The van der Waals surface area contributed by atoms with Gasteiger partial charge in [-0.3, -0.25) is 4.68 Å². The molecule has 5 heteroatoms. The Bertz CT molecular complexity index is 263. The quantitative estimate of drug-likeness (QED) is 0.759. The summed E-state index contributed by atoms with van der Waals surface area (Å²) in [7, 11) is 1.71. The summed E-state index contributed by atoms with van der Waals surface area (Å²) in [4.78, 5) is 0. The van der Waals surface area contributed by atoms with Crippen molar-refractivity contribution in [2.75, 3.05) is 20.3 Å². The number of rotatable bonds is 6. The van der Waals surface area contributed by atoms with E-state index in [9.17, 15) is 0 Å². The molecular formula is C10H20ClN3O. The maximum absolute atomic E-state index is 4.95. The minimum absolute atomic E-state index is 0. The molecule has 1 heterocycles. The van der Waals surface area contributed by atoms with Gasteiger partial charge in [0.05, 0.1) is 12.3 Å². The number of nitrogens with one attached hydrogen (secondary N) is 1. The molecule has 15 heavy (non-hydrogen) atoms. The largest absolute Gasteiger partial charge is 0.383 e. The maximum atomic E-state index is 4.95. The summed E-state index contributed by atoms with van der Waals surface area (Å²) in [5, 5.41) is 7.56. The fourth-order valence-electron chi connectivity index (χ4n) is 1.34. The average Bonchev–Trinajstić information content (AvgIpc) is 2.60. The highest BCUT2D eigenvalue weighted by molar-refractivity contribution is 5.85. The van der Waals surface area contributed by atoms with Gasteiger partial charge in [0, 0.05) is 32.4 Å². The van der Waals surface area contributed by atoms with Gasteiger partial charge < -0.3 is 10.1 Å². The first-order chi connectivity index (χ1) is 6.75. The molecule has 0 unspecified atom stereocenters. The molecule has 0 fully saturated rings. The van der Waals surface area contributed by atoms with E-state index < -0.39 is 0 Å². The first-order valence-electron chi connectivity index (χ1n) is 4.97. The Morgan fingerprint density at radius 2 is 2.27 bits per heavy atom. The van der Waals surface area contributed by atoms with Crippen LogP contribution in [-0.4, -0.2) is 30.0 Å². The molecule has 0 saturated carbocycles. The lowest BCUT2D eigenvalue weighted by Crippen LogP contribution is -2.21. The predicted molar refractivity (Wildman–Crippen MR) is 63.4 cm³/mol. The summed E-state index contributed by atoms with van der Waals surface area (Å²) in [5.74, 6) is 0. The molecule has 0 aromatic carbocycles. The second kappa shape index (κ2) is 7.68. The number of halogens is 1. The van der Waals surface area contributed by atoms with Crippen molar-refractivity contribution in [1.82, 2.24) is 15.1 Å². The highest BCUT2D eigenvalue weighted by Crippen LogP contribution is 2.06. The number of aromatic nitrogens is 2. The molecule has 4 nitrogen and oxygen atoms in total. The Morgan fingerprint density at radius 1 is 1.53 bits per heavy atom. The lowest BCUT2D eigenvalue weighted by Gasteiger charge is -2.11. The molecule has 0 amide bonds. The Hall–Kier alpha value is -0.580. The first kappa shape index (κ1) is 14.4. The molecule has 0 spiro atoms. The molecule has 0 bridgehead atoms. The van der Waals surface area contributed by atoms with Crippen molar-refractivity contribution in [1.29, 1.82) is 0 Å². The van der Waals surface area contributed by atoms with E-state index in [4.69, 9.17) is 4.74 Å². The van der Waals surface area contributed by atoms with Crippen molar-refractivity contribution in [3.63, 3.8) is 0 Å². The van der Waals surface area contributed by atoms with Crippen LogP contribution in [0.2, 0.25) is 0 Å². The number of hydrogen-bond donors (Lipinski definition) is 1. The summed E-state index contributed by atoms with van der Waals surface area (Å²) in [5.41, 5.74) is 1.22. The molecular weight excluding hydrogens is 214 g/mol. The summed E-state index contributed by atoms with van der Waals surface area (Å²) < 4.78 is 6.98. The smallest absolute Gasteiger partial charge is 0.0587 e. The van der Waals surface area contributed by atoms with E-state index in [1.54, 1.807) is 7.11 Å². The van der Waals surface area contributed by atoms with Crippen LogP contribution in [0.25, 0.3) is 0 Å². The van der Waals surface area contributed by atoms with E-state index in [0.29, 0.717) is 6.04 Å². The van der Waals surface area contributed by atoms with Crippen LogP contribution in [0.4, 0.5) is 0 Å². The number of hydrogen-bond acceptors (Lipinski definition) is 3. The van der Waals surface area contributed by atoms with E-state index in [-0.39, 0.29) is 12.4 Å². The van der Waals surface area contributed by atoms with Gasteiger partial charge >= 0.3 is 0 Å². The van der Waals surface area contributed by atoms with E-state index in [1.165, 1.54) is 5.69 Å². The second-order valence-electron chi connectivity index (χ2n) is 3.53. The summed E-state index contributed by atoms with van der Waals surface area (Å²) in [6.07, 6.45) is 1.84. The molecule has 0 radical (unpaired) electrons. The number of ether oxygens (including phenoxy) is 1. The van der Waals surface area contributed by atoms with E-state index in [1.807, 2.05) is 16.9 Å². The molecule has 1 aromatic rings. The summed E-state index contributed by atoms with van der Waals surface area (Å²) >= 11 is 0. The zero-order valence-electron chi connectivity index (χ0n) is 9.56. The van der Waals surface area contributed by atoms with Gasteiger partial charge in [0.25, 0.3) is 0 Å². The van der Waals surface area contributed by atoms with Crippen molar-refractivity contribution in [2.24, 2.45) is 0 Å². The maximum Gasteiger partial charge on any atom is 0.0587 e. The molecule has 0 aliphatic heterocycles. The molecule has 0 aliphatic carbocycles. The van der Waals surface area contributed by atoms with Crippen LogP contribution in [0.5, 0.6) is 0 Å². The Kier molecular flexibility index (Phi) is 7.38. The zero-order chi connectivity index (χ0) is 10.4. The zero-order valence-corrected chi connectivity index (χ0v) is 10.4. The lowest BCUT2D eigenvalue weighted by atomic mass is 10.3. The van der Waals surface area contributed by atoms with Gasteiger partial charge in [-0.2, -0.15) is 5.10 Å². The first-order valence-corrected chi connectivity index (χ1v) is 4.97. The van der Waals surface area contributed by atoms with Gasteiger partial charge in [-0.1, -0.05) is 0 Å². The standard InChI is InChI=1S/C10H19N3O.ClH/c1-9(2)13-10(4-5-12-13)8-11-6-7-14-3;/h4-5,9,11H,6-8H2,1-3H3;1H. The van der Waals surface area contributed by atoms with E-state index in [0.717, 1.165) is 19.7 Å². The van der Waals surface area contributed by atoms with Crippen molar-refractivity contribution >= 4 is 12.4 Å². The Balaban J connectivity index is 0.00000196. The van der Waals surface area contributed by atoms with Gasteiger partial charge in [-0.15, -0.1) is 12.4 Å². The van der Waals surface area contributed by atoms with Gasteiger partial charge in [-0.25, -0.2) is 0 Å². The molecule has 1 rings (SSSR count). The molecule has 1 N–H and O–H groups in total. The molecule has 0 saturated heterocycles. The molecule has 0 aliphatic rings. The van der Waals surface area contributed by atoms with Crippen LogP contribution >= 0.6 is 12.4 Å². The van der Waals surface area contributed by atoms with Gasteiger partial charge in [0.15, 0.2) is 0 Å². The third-order valence-corrected chi connectivity index (χ3v) is 2.03. The van der Waals surface area contributed by atoms with Crippen LogP contribution in [0.1, 0.15) is 25.6 Å². The Labute approximate surface area is 97.4 Å². The number of methoxy groups -OCH3 is 1. The van der Waals surface area contributed by atoms with E-state index in [2.05, 4.69) is 24.3 Å². The SMILES string of the molecule is COCCNCc1ccnn1C(C)C.Cl. The highest BCUT2D eigenvalue weighted by Gasteiger charge is 2.04. The van der Waals surface area contributed by atoms with Crippen LogP contribution in [-0.2, 0) is 11.3 Å². The fraction of sp³-hybridized carbons (Fsp3) is 0.700. The topological polar surface area (TPSA) is 39.1 Å². The second-order valence-corrected chi connectivity index (χ2v) is 3.53. The lowest BCUT2D eigenvalue weighted by molar-refractivity contribution is 0.199. The van der Waals surface area contributed by atoms with Crippen LogP contribution < -0.4 is 5.32 Å². The van der Waals surface area contributed by atoms with Crippen molar-refractivity contribution in [3.8, 4) is 0 Å². The van der Waals surface area contributed by atoms with Crippen LogP contribution in [0.15, 0.2) is 12.3 Å². The number of nitrogens with zero attached hydrogens (tertiary/aromatic N) is 2. The minimum Gasteiger partial charge on any atom is -0.383 e. The molecule has 1 aromatic heterocycles. The average molecular weight is 234 g/mol.